The number of nitrogens with one attached hydrogen (secondary N) is 2. The fraction of sp³-hybridized carbons (Fsp3) is 0.353. The molecule has 3 rings (SSSR count). The summed E-state index contributed by atoms with van der Waals surface area (Å²) in [6, 6.07) is 8.34. The number of aromatic hydroxyl groups is 1. The Morgan fingerprint density at radius 2 is 2.00 bits per heavy atom. The summed E-state index contributed by atoms with van der Waals surface area (Å²) >= 11 is 4.99. The zero-order valence-electron chi connectivity index (χ0n) is 13.8. The van der Waals surface area contributed by atoms with Gasteiger partial charge in [-0.15, -0.1) is 0 Å². The van der Waals surface area contributed by atoms with Crippen molar-refractivity contribution < 1.29 is 5.11 Å². The number of H-pyrrole nitrogens is 1. The predicted molar refractivity (Wildman–Crippen MR) is 96.1 cm³/mol. The van der Waals surface area contributed by atoms with Crippen molar-refractivity contribution in [2.45, 2.75) is 32.2 Å². The molecule has 1 aliphatic rings. The van der Waals surface area contributed by atoms with E-state index in [9.17, 15) is 9.90 Å². The van der Waals surface area contributed by atoms with Gasteiger partial charge in [-0.25, -0.2) is 0 Å². The van der Waals surface area contributed by atoms with Gasteiger partial charge in [0.15, 0.2) is 4.77 Å². The summed E-state index contributed by atoms with van der Waals surface area (Å²) in [5.41, 5.74) is 5.69. The van der Waals surface area contributed by atoms with Crippen LogP contribution in [0.5, 0.6) is 5.88 Å². The van der Waals surface area contributed by atoms with E-state index >= 15 is 0 Å². The van der Waals surface area contributed by atoms with Gasteiger partial charge in [-0.1, -0.05) is 38.1 Å². The number of rotatable bonds is 3. The van der Waals surface area contributed by atoms with Gasteiger partial charge >= 0.3 is 0 Å². The van der Waals surface area contributed by atoms with Crippen LogP contribution in [0.4, 0.5) is 0 Å². The molecule has 24 heavy (non-hydrogen) atoms. The Bertz CT molecular complexity index is 910. The highest BCUT2D eigenvalue weighted by atomic mass is 32.1. The Morgan fingerprint density at radius 3 is 2.62 bits per heavy atom. The second kappa shape index (κ2) is 6.24. The lowest BCUT2D eigenvalue weighted by Gasteiger charge is -2.12. The van der Waals surface area contributed by atoms with Crippen LogP contribution in [0, 0.1) is 4.77 Å². The van der Waals surface area contributed by atoms with Crippen molar-refractivity contribution in [1.29, 1.82) is 0 Å². The molecule has 6 nitrogen and oxygen atoms in total. The van der Waals surface area contributed by atoms with Gasteiger partial charge in [0.25, 0.3) is 5.56 Å². The third-order valence-electron chi connectivity index (χ3n) is 4.34. The van der Waals surface area contributed by atoms with Gasteiger partial charge in [-0.05, 0) is 29.3 Å². The Balaban J connectivity index is 1.87. The molecule has 0 saturated heterocycles. The number of nitrogens with zero attached hydrogens (tertiary/aromatic N) is 2. The van der Waals surface area contributed by atoms with E-state index in [0.29, 0.717) is 18.1 Å². The van der Waals surface area contributed by atoms with E-state index in [1.165, 1.54) is 10.1 Å². The molecule has 1 aromatic carbocycles. The smallest absolute Gasteiger partial charge is 0.264 e. The molecule has 126 valence electrons. The molecule has 1 aliphatic heterocycles. The van der Waals surface area contributed by atoms with Gasteiger partial charge in [-0.2, -0.15) is 5.10 Å². The third kappa shape index (κ3) is 2.87. The zero-order valence-corrected chi connectivity index (χ0v) is 14.6. The number of aromatic nitrogens is 2. The lowest BCUT2D eigenvalue weighted by atomic mass is 9.96. The van der Waals surface area contributed by atoms with Gasteiger partial charge < -0.3 is 10.5 Å². The largest absolute Gasteiger partial charge is 0.494 e. The van der Waals surface area contributed by atoms with Gasteiger partial charge in [0, 0.05) is 13.5 Å². The topological polar surface area (TPSA) is 82.4 Å². The van der Waals surface area contributed by atoms with Crippen molar-refractivity contribution in [1.82, 2.24) is 15.0 Å². The van der Waals surface area contributed by atoms with Crippen LogP contribution in [-0.4, -0.2) is 20.4 Å². The van der Waals surface area contributed by atoms with Crippen molar-refractivity contribution in [3.63, 3.8) is 0 Å². The van der Waals surface area contributed by atoms with E-state index in [2.05, 4.69) is 53.6 Å². The molecule has 0 spiro atoms. The van der Waals surface area contributed by atoms with E-state index in [-0.39, 0.29) is 22.3 Å². The summed E-state index contributed by atoms with van der Waals surface area (Å²) in [5, 5.41) is 14.5. The molecule has 1 atom stereocenters. The van der Waals surface area contributed by atoms with Gasteiger partial charge in [0.05, 0.1) is 11.8 Å². The molecule has 0 fully saturated rings. The van der Waals surface area contributed by atoms with Crippen LogP contribution < -0.4 is 11.0 Å². The average molecular weight is 344 g/mol. The highest BCUT2D eigenvalue weighted by molar-refractivity contribution is 7.71. The molecular weight excluding hydrogens is 324 g/mol. The number of hydrogen-bond donors (Lipinski definition) is 3. The lowest BCUT2D eigenvalue weighted by molar-refractivity contribution is 0.419. The predicted octanol–water partition coefficient (Wildman–Crippen LogP) is 2.71. The van der Waals surface area contributed by atoms with Crippen LogP contribution in [0.2, 0.25) is 0 Å². The van der Waals surface area contributed by atoms with Crippen molar-refractivity contribution in [2.24, 2.45) is 12.1 Å². The second-order valence-corrected chi connectivity index (χ2v) is 6.67. The van der Waals surface area contributed by atoms with Crippen LogP contribution in [0.25, 0.3) is 0 Å². The molecule has 0 unspecified atom stereocenters. The quantitative estimate of drug-likeness (QED) is 0.748. The standard InChI is InChI=1S/C17H20N4O2S/c1-9(2)10-4-6-11(7-5-10)12-8-13(20-19-12)14-15(22)18-17(24)21(3)16(14)23/h4-7,9,12,19,23H,8H2,1-3H3,(H,18,22,24)/t12-/m0/s1. The first-order chi connectivity index (χ1) is 11.4. The van der Waals surface area contributed by atoms with Crippen molar-refractivity contribution in [2.75, 3.05) is 0 Å². The molecule has 1 aromatic heterocycles. The highest BCUT2D eigenvalue weighted by Gasteiger charge is 2.26. The molecule has 2 aromatic rings. The van der Waals surface area contributed by atoms with E-state index in [0.717, 1.165) is 5.56 Å². The number of hydrogen-bond acceptors (Lipinski definition) is 5. The first kappa shape index (κ1) is 16.4. The maximum Gasteiger partial charge on any atom is 0.264 e. The fourth-order valence-electron chi connectivity index (χ4n) is 2.77. The molecule has 7 heteroatoms. The average Bonchev–Trinajstić information content (AvgIpc) is 3.02. The van der Waals surface area contributed by atoms with Gasteiger partial charge in [0.2, 0.25) is 5.88 Å². The summed E-state index contributed by atoms with van der Waals surface area (Å²) in [4.78, 5) is 14.7. The Hall–Kier alpha value is -2.41. The van der Waals surface area contributed by atoms with Crippen molar-refractivity contribution in [3.05, 3.63) is 56.1 Å². The molecule has 0 radical (unpaired) electrons. The SMILES string of the molecule is CC(C)c1ccc([C@@H]2CC(c3c(O)n(C)c(=S)[nH]c3=O)=NN2)cc1. The number of benzene rings is 1. The maximum absolute atomic E-state index is 12.2. The molecule has 0 bridgehead atoms. The Labute approximate surface area is 144 Å². The normalized spacial score (nSPS) is 17.0. The summed E-state index contributed by atoms with van der Waals surface area (Å²) < 4.78 is 1.54. The first-order valence-electron chi connectivity index (χ1n) is 7.83. The van der Waals surface area contributed by atoms with Crippen LogP contribution in [0.3, 0.4) is 0 Å². The molecule has 0 amide bonds. The van der Waals surface area contributed by atoms with Gasteiger partial charge in [0.1, 0.15) is 5.56 Å². The van der Waals surface area contributed by atoms with E-state index in [4.69, 9.17) is 12.2 Å². The fourth-order valence-corrected chi connectivity index (χ4v) is 2.95. The number of aromatic amines is 1. The van der Waals surface area contributed by atoms with Crippen molar-refractivity contribution >= 4 is 17.9 Å². The first-order valence-corrected chi connectivity index (χ1v) is 8.24. The zero-order chi connectivity index (χ0) is 17.4. The minimum absolute atomic E-state index is 0.0199. The van der Waals surface area contributed by atoms with Crippen LogP contribution in [0.15, 0.2) is 34.2 Å². The summed E-state index contributed by atoms with van der Waals surface area (Å²) in [7, 11) is 1.60. The molecule has 2 heterocycles. The minimum Gasteiger partial charge on any atom is -0.494 e. The summed E-state index contributed by atoms with van der Waals surface area (Å²) in [5.74, 6) is 0.315. The summed E-state index contributed by atoms with van der Waals surface area (Å²) in [6.07, 6.45) is 0.522. The van der Waals surface area contributed by atoms with Crippen LogP contribution in [-0.2, 0) is 7.05 Å². The highest BCUT2D eigenvalue weighted by Crippen LogP contribution is 2.27. The second-order valence-electron chi connectivity index (χ2n) is 6.28. The Kier molecular flexibility index (Phi) is 4.28. The van der Waals surface area contributed by atoms with Crippen LogP contribution >= 0.6 is 12.2 Å². The van der Waals surface area contributed by atoms with E-state index in [1.807, 2.05) is 0 Å². The maximum atomic E-state index is 12.2. The monoisotopic (exact) mass is 344 g/mol. The molecule has 3 N–H and O–H groups in total. The Morgan fingerprint density at radius 1 is 1.33 bits per heavy atom. The third-order valence-corrected chi connectivity index (χ3v) is 4.72. The van der Waals surface area contributed by atoms with Crippen molar-refractivity contribution in [3.8, 4) is 5.88 Å². The van der Waals surface area contributed by atoms with E-state index in [1.54, 1.807) is 7.05 Å². The molecule has 0 saturated carbocycles. The summed E-state index contributed by atoms with van der Waals surface area (Å²) in [6.45, 7) is 4.31. The van der Waals surface area contributed by atoms with Gasteiger partial charge in [-0.3, -0.25) is 14.3 Å². The molecular formula is C17H20N4O2S. The molecule has 0 aliphatic carbocycles. The van der Waals surface area contributed by atoms with Crippen LogP contribution in [0.1, 0.15) is 48.9 Å². The number of hydrazone groups is 1. The minimum atomic E-state index is -0.424. The van der Waals surface area contributed by atoms with E-state index < -0.39 is 5.56 Å². The lowest BCUT2D eigenvalue weighted by Crippen LogP contribution is -2.21.